The lowest BCUT2D eigenvalue weighted by molar-refractivity contribution is -0.137. The van der Waals surface area contributed by atoms with Crippen LogP contribution in [0.2, 0.25) is 0 Å². The van der Waals surface area contributed by atoms with E-state index in [2.05, 4.69) is 5.48 Å². The molecule has 6 nitrogen and oxygen atoms in total. The zero-order valence-corrected chi connectivity index (χ0v) is 10.2. The van der Waals surface area contributed by atoms with E-state index in [0.717, 1.165) is 0 Å². The van der Waals surface area contributed by atoms with Crippen molar-refractivity contribution in [2.75, 3.05) is 13.2 Å². The Morgan fingerprint density at radius 3 is 3.17 bits per heavy atom. The van der Waals surface area contributed by atoms with Crippen LogP contribution in [0.5, 0.6) is 0 Å². The fourth-order valence-corrected chi connectivity index (χ4v) is 1.92. The summed E-state index contributed by atoms with van der Waals surface area (Å²) in [5.41, 5.74) is 2.33. The first-order valence-electron chi connectivity index (χ1n) is 5.92. The molecule has 1 atom stereocenters. The molecule has 1 N–H and O–H groups in total. The summed E-state index contributed by atoms with van der Waals surface area (Å²) in [6, 6.07) is 3.58. The first kappa shape index (κ1) is 12.6. The fraction of sp³-hybridized carbons (Fsp3) is 0.500. The first-order valence-corrected chi connectivity index (χ1v) is 5.92. The van der Waals surface area contributed by atoms with Crippen molar-refractivity contribution >= 4 is 11.8 Å². The lowest BCUT2D eigenvalue weighted by Crippen LogP contribution is -2.32. The summed E-state index contributed by atoms with van der Waals surface area (Å²) in [5.74, 6) is 0.0865. The van der Waals surface area contributed by atoms with Crippen molar-refractivity contribution in [2.45, 2.75) is 19.9 Å². The Kier molecular flexibility index (Phi) is 3.99. The summed E-state index contributed by atoms with van der Waals surface area (Å²) < 4.78 is 5.19. The number of rotatable bonds is 5. The molecule has 1 aromatic rings. The van der Waals surface area contributed by atoms with Crippen LogP contribution in [0.15, 0.2) is 22.8 Å². The van der Waals surface area contributed by atoms with E-state index in [1.807, 2.05) is 0 Å². The lowest BCUT2D eigenvalue weighted by Gasteiger charge is -2.14. The Morgan fingerprint density at radius 1 is 1.67 bits per heavy atom. The first-order chi connectivity index (χ1) is 8.70. The molecule has 6 heteroatoms. The number of hydroxylamine groups is 1. The third-order valence-corrected chi connectivity index (χ3v) is 2.83. The Balaban J connectivity index is 1.88. The average Bonchev–Trinajstić information content (AvgIpc) is 2.98. The van der Waals surface area contributed by atoms with Gasteiger partial charge in [-0.05, 0) is 19.1 Å². The van der Waals surface area contributed by atoms with Gasteiger partial charge >= 0.3 is 0 Å². The molecule has 0 aromatic carbocycles. The predicted octanol–water partition coefficient (Wildman–Crippen LogP) is 0.696. The second kappa shape index (κ2) is 5.68. The number of amides is 2. The van der Waals surface area contributed by atoms with Gasteiger partial charge in [0.15, 0.2) is 0 Å². The van der Waals surface area contributed by atoms with E-state index in [4.69, 9.17) is 9.25 Å². The molecule has 1 saturated heterocycles. The van der Waals surface area contributed by atoms with Crippen LogP contribution >= 0.6 is 0 Å². The van der Waals surface area contributed by atoms with Crippen LogP contribution in [-0.2, 0) is 21.0 Å². The number of furan rings is 1. The van der Waals surface area contributed by atoms with Crippen molar-refractivity contribution in [1.82, 2.24) is 10.4 Å². The second-order valence-corrected chi connectivity index (χ2v) is 4.15. The molecule has 0 saturated carbocycles. The third kappa shape index (κ3) is 2.89. The standard InChI is InChI=1S/C12H16N2O4/c1-2-18-13-12(16)9-6-11(15)14(7-9)8-10-4-3-5-17-10/h3-5,9H,2,6-8H2,1H3,(H,13,16). The number of likely N-dealkylation sites (tertiary alicyclic amines) is 1. The molecule has 1 aliphatic rings. The molecule has 1 aliphatic heterocycles. The number of hydrogen-bond acceptors (Lipinski definition) is 4. The molecule has 0 aliphatic carbocycles. The van der Waals surface area contributed by atoms with Gasteiger partial charge < -0.3 is 9.32 Å². The Hall–Kier alpha value is -1.82. The van der Waals surface area contributed by atoms with Crippen molar-refractivity contribution in [3.8, 4) is 0 Å². The molecule has 0 bridgehead atoms. The largest absolute Gasteiger partial charge is 0.467 e. The molecule has 98 valence electrons. The van der Waals surface area contributed by atoms with Crippen LogP contribution in [0.25, 0.3) is 0 Å². The molecule has 1 aromatic heterocycles. The monoisotopic (exact) mass is 252 g/mol. The van der Waals surface area contributed by atoms with E-state index in [1.54, 1.807) is 30.2 Å². The number of nitrogens with one attached hydrogen (secondary N) is 1. The van der Waals surface area contributed by atoms with Crippen LogP contribution < -0.4 is 5.48 Å². The summed E-state index contributed by atoms with van der Waals surface area (Å²) >= 11 is 0. The van der Waals surface area contributed by atoms with Gasteiger partial charge in [0.1, 0.15) is 5.76 Å². The quantitative estimate of drug-likeness (QED) is 0.783. The molecular weight excluding hydrogens is 236 g/mol. The van der Waals surface area contributed by atoms with E-state index in [9.17, 15) is 9.59 Å². The maximum absolute atomic E-state index is 11.8. The molecule has 18 heavy (non-hydrogen) atoms. The highest BCUT2D eigenvalue weighted by Gasteiger charge is 2.34. The van der Waals surface area contributed by atoms with E-state index in [0.29, 0.717) is 25.5 Å². The highest BCUT2D eigenvalue weighted by atomic mass is 16.6. The highest BCUT2D eigenvalue weighted by Crippen LogP contribution is 2.20. The predicted molar refractivity (Wildman–Crippen MR) is 62.0 cm³/mol. The Labute approximate surface area is 105 Å². The number of nitrogens with zero attached hydrogens (tertiary/aromatic N) is 1. The van der Waals surface area contributed by atoms with Gasteiger partial charge in [-0.3, -0.25) is 14.4 Å². The van der Waals surface area contributed by atoms with Crippen LogP contribution in [0.1, 0.15) is 19.1 Å². The van der Waals surface area contributed by atoms with Gasteiger partial charge in [-0.2, -0.15) is 0 Å². The normalized spacial score (nSPS) is 19.3. The van der Waals surface area contributed by atoms with E-state index < -0.39 is 0 Å². The number of hydrogen-bond donors (Lipinski definition) is 1. The molecule has 2 heterocycles. The molecule has 2 amide bonds. The minimum absolute atomic E-state index is 0.0388. The fourth-order valence-electron chi connectivity index (χ4n) is 1.92. The van der Waals surface area contributed by atoms with Crippen molar-refractivity contribution in [1.29, 1.82) is 0 Å². The minimum Gasteiger partial charge on any atom is -0.467 e. The molecular formula is C12H16N2O4. The molecule has 1 fully saturated rings. The van der Waals surface area contributed by atoms with Crippen molar-refractivity contribution in [2.24, 2.45) is 5.92 Å². The lowest BCUT2D eigenvalue weighted by atomic mass is 10.1. The van der Waals surface area contributed by atoms with Crippen LogP contribution in [0, 0.1) is 5.92 Å². The highest BCUT2D eigenvalue weighted by molar-refractivity contribution is 5.88. The SMILES string of the molecule is CCONC(=O)C1CC(=O)N(Cc2ccco2)C1. The maximum Gasteiger partial charge on any atom is 0.248 e. The maximum atomic E-state index is 11.8. The van der Waals surface area contributed by atoms with Gasteiger partial charge in [0.25, 0.3) is 0 Å². The van der Waals surface area contributed by atoms with Gasteiger partial charge in [0.2, 0.25) is 11.8 Å². The van der Waals surface area contributed by atoms with Crippen molar-refractivity contribution in [3.05, 3.63) is 24.2 Å². The zero-order valence-electron chi connectivity index (χ0n) is 10.2. The van der Waals surface area contributed by atoms with Crippen LogP contribution in [-0.4, -0.2) is 29.9 Å². The van der Waals surface area contributed by atoms with Crippen molar-refractivity contribution in [3.63, 3.8) is 0 Å². The summed E-state index contributed by atoms with van der Waals surface area (Å²) in [4.78, 5) is 29.9. The Bertz CT molecular complexity index is 416. The third-order valence-electron chi connectivity index (χ3n) is 2.83. The summed E-state index contributed by atoms with van der Waals surface area (Å²) in [5, 5.41) is 0. The Morgan fingerprint density at radius 2 is 2.50 bits per heavy atom. The van der Waals surface area contributed by atoms with Crippen LogP contribution in [0.4, 0.5) is 0 Å². The summed E-state index contributed by atoms with van der Waals surface area (Å²) in [7, 11) is 0. The molecule has 2 rings (SSSR count). The summed E-state index contributed by atoms with van der Waals surface area (Å²) in [6.07, 6.45) is 1.79. The van der Waals surface area contributed by atoms with Gasteiger partial charge in [-0.15, -0.1) is 0 Å². The van der Waals surface area contributed by atoms with Gasteiger partial charge in [0.05, 0.1) is 25.3 Å². The number of carbonyl (C=O) groups excluding carboxylic acids is 2. The van der Waals surface area contributed by atoms with E-state index in [1.165, 1.54) is 0 Å². The topological polar surface area (TPSA) is 71.8 Å². The average molecular weight is 252 g/mol. The summed E-state index contributed by atoms with van der Waals surface area (Å²) in [6.45, 7) is 2.99. The minimum atomic E-state index is -0.348. The zero-order chi connectivity index (χ0) is 13.0. The van der Waals surface area contributed by atoms with E-state index in [-0.39, 0.29) is 24.2 Å². The van der Waals surface area contributed by atoms with Gasteiger partial charge in [0, 0.05) is 13.0 Å². The van der Waals surface area contributed by atoms with E-state index >= 15 is 0 Å². The second-order valence-electron chi connectivity index (χ2n) is 4.15. The number of carbonyl (C=O) groups is 2. The van der Waals surface area contributed by atoms with Gasteiger partial charge in [-0.1, -0.05) is 0 Å². The van der Waals surface area contributed by atoms with Gasteiger partial charge in [-0.25, -0.2) is 5.48 Å². The van der Waals surface area contributed by atoms with Crippen molar-refractivity contribution < 1.29 is 18.8 Å². The molecule has 1 unspecified atom stereocenters. The molecule has 0 spiro atoms. The van der Waals surface area contributed by atoms with Crippen LogP contribution in [0.3, 0.4) is 0 Å². The smallest absolute Gasteiger partial charge is 0.248 e. The molecule has 0 radical (unpaired) electrons.